The fourth-order valence-corrected chi connectivity index (χ4v) is 2.32. The van der Waals surface area contributed by atoms with Gasteiger partial charge in [-0.15, -0.1) is 0 Å². The molecule has 18 heavy (non-hydrogen) atoms. The first kappa shape index (κ1) is 10.9. The molecule has 2 heterocycles. The highest BCUT2D eigenvalue weighted by molar-refractivity contribution is 6.07. The van der Waals surface area contributed by atoms with Gasteiger partial charge in [-0.05, 0) is 19.4 Å². The normalized spacial score (nSPS) is 17.9. The number of amides is 1. The van der Waals surface area contributed by atoms with Gasteiger partial charge in [-0.25, -0.2) is 0 Å². The van der Waals surface area contributed by atoms with E-state index in [4.69, 9.17) is 4.42 Å². The van der Waals surface area contributed by atoms with Gasteiger partial charge in [-0.3, -0.25) is 4.79 Å². The summed E-state index contributed by atoms with van der Waals surface area (Å²) in [5.74, 6) is 1.22. The third-order valence-corrected chi connectivity index (χ3v) is 3.07. The smallest absolute Gasteiger partial charge is 0.259 e. The van der Waals surface area contributed by atoms with Crippen LogP contribution in [0.15, 0.2) is 34.7 Å². The van der Waals surface area contributed by atoms with Crippen LogP contribution in [0, 0.1) is 6.92 Å². The molecule has 4 nitrogen and oxygen atoms in total. The molecule has 0 aliphatic carbocycles. The van der Waals surface area contributed by atoms with Crippen molar-refractivity contribution in [3.8, 4) is 11.1 Å². The van der Waals surface area contributed by atoms with Crippen molar-refractivity contribution in [2.75, 3.05) is 5.32 Å². The van der Waals surface area contributed by atoms with Gasteiger partial charge in [0.1, 0.15) is 11.3 Å². The van der Waals surface area contributed by atoms with E-state index in [1.165, 1.54) is 0 Å². The third-order valence-electron chi connectivity index (χ3n) is 3.07. The number of hydrogen-bond acceptors (Lipinski definition) is 3. The molecule has 3 rings (SSSR count). The van der Waals surface area contributed by atoms with Gasteiger partial charge in [0, 0.05) is 5.56 Å². The van der Waals surface area contributed by atoms with Gasteiger partial charge in [-0.2, -0.15) is 0 Å². The molecule has 1 atom stereocenters. The van der Waals surface area contributed by atoms with E-state index in [0.717, 1.165) is 16.9 Å². The van der Waals surface area contributed by atoms with E-state index < -0.39 is 0 Å². The summed E-state index contributed by atoms with van der Waals surface area (Å²) in [6.45, 7) is 3.75. The van der Waals surface area contributed by atoms with Crippen molar-refractivity contribution in [2.24, 2.45) is 0 Å². The highest BCUT2D eigenvalue weighted by atomic mass is 16.4. The van der Waals surface area contributed by atoms with Crippen molar-refractivity contribution in [1.82, 2.24) is 5.32 Å². The second-order valence-corrected chi connectivity index (χ2v) is 4.44. The number of carbonyl (C=O) groups excluding carboxylic acids is 1. The summed E-state index contributed by atoms with van der Waals surface area (Å²) in [6, 6.07) is 9.80. The lowest BCUT2D eigenvalue weighted by molar-refractivity contribution is 0.0938. The van der Waals surface area contributed by atoms with Gasteiger partial charge in [0.2, 0.25) is 5.88 Å². The van der Waals surface area contributed by atoms with E-state index in [-0.39, 0.29) is 12.1 Å². The Morgan fingerprint density at radius 3 is 2.56 bits per heavy atom. The van der Waals surface area contributed by atoms with E-state index in [9.17, 15) is 4.79 Å². The minimum absolute atomic E-state index is 0.0908. The number of carbonyl (C=O) groups is 1. The Bertz CT molecular complexity index is 602. The van der Waals surface area contributed by atoms with Gasteiger partial charge < -0.3 is 15.1 Å². The number of anilines is 1. The highest BCUT2D eigenvalue weighted by Gasteiger charge is 2.30. The molecule has 0 saturated carbocycles. The van der Waals surface area contributed by atoms with Crippen LogP contribution in [0.4, 0.5) is 5.88 Å². The molecule has 4 heteroatoms. The molecule has 0 bridgehead atoms. The molecule has 0 radical (unpaired) electrons. The average Bonchev–Trinajstić information content (AvgIpc) is 2.66. The molecular formula is C14H14N2O2. The zero-order valence-electron chi connectivity index (χ0n) is 10.3. The van der Waals surface area contributed by atoms with Crippen molar-refractivity contribution in [3.05, 3.63) is 41.7 Å². The number of benzene rings is 1. The van der Waals surface area contributed by atoms with E-state index in [1.54, 1.807) is 0 Å². The quantitative estimate of drug-likeness (QED) is 0.808. The monoisotopic (exact) mass is 242 g/mol. The molecule has 92 valence electrons. The van der Waals surface area contributed by atoms with E-state index >= 15 is 0 Å². The highest BCUT2D eigenvalue weighted by Crippen LogP contribution is 2.36. The topological polar surface area (TPSA) is 54.3 Å². The number of aryl methyl sites for hydroxylation is 1. The summed E-state index contributed by atoms with van der Waals surface area (Å²) in [5, 5.41) is 5.97. The van der Waals surface area contributed by atoms with Crippen LogP contribution in [0.5, 0.6) is 0 Å². The number of rotatable bonds is 1. The van der Waals surface area contributed by atoms with Gasteiger partial charge in [0.05, 0.1) is 6.17 Å². The van der Waals surface area contributed by atoms with Gasteiger partial charge in [0.15, 0.2) is 0 Å². The Balaban J connectivity index is 2.20. The molecule has 0 saturated heterocycles. The standard InChI is InChI=1S/C14H14N2O2/c1-8-11(10-6-4-3-5-7-10)12-13(17)15-9(2)16-14(12)18-8/h3-7,9,16H,1-2H3,(H,15,17). The minimum Gasteiger partial charge on any atom is -0.444 e. The van der Waals surface area contributed by atoms with Crippen molar-refractivity contribution >= 4 is 11.8 Å². The average molecular weight is 242 g/mol. The molecule has 0 spiro atoms. The molecule has 1 aromatic heterocycles. The second-order valence-electron chi connectivity index (χ2n) is 4.44. The summed E-state index contributed by atoms with van der Waals surface area (Å²) < 4.78 is 5.66. The van der Waals surface area contributed by atoms with Gasteiger partial charge in [0.25, 0.3) is 5.91 Å². The summed E-state index contributed by atoms with van der Waals surface area (Å²) in [5.41, 5.74) is 2.45. The first-order valence-corrected chi connectivity index (χ1v) is 5.93. The molecule has 0 fully saturated rings. The number of nitrogens with one attached hydrogen (secondary N) is 2. The maximum Gasteiger partial charge on any atom is 0.259 e. The summed E-state index contributed by atoms with van der Waals surface area (Å²) in [4.78, 5) is 12.1. The first-order valence-electron chi connectivity index (χ1n) is 5.93. The van der Waals surface area contributed by atoms with E-state index in [1.807, 2.05) is 44.2 Å². The van der Waals surface area contributed by atoms with E-state index in [0.29, 0.717) is 11.4 Å². The maximum absolute atomic E-state index is 12.1. The van der Waals surface area contributed by atoms with Crippen LogP contribution in [0.25, 0.3) is 11.1 Å². The molecule has 1 amide bonds. The van der Waals surface area contributed by atoms with Crippen molar-refractivity contribution in [1.29, 1.82) is 0 Å². The van der Waals surface area contributed by atoms with Crippen molar-refractivity contribution < 1.29 is 9.21 Å². The Kier molecular flexibility index (Phi) is 2.37. The largest absolute Gasteiger partial charge is 0.444 e. The molecular weight excluding hydrogens is 228 g/mol. The summed E-state index contributed by atoms with van der Waals surface area (Å²) in [7, 11) is 0. The van der Waals surface area contributed by atoms with E-state index in [2.05, 4.69) is 10.6 Å². The van der Waals surface area contributed by atoms with Gasteiger partial charge >= 0.3 is 0 Å². The van der Waals surface area contributed by atoms with Crippen LogP contribution in [0.2, 0.25) is 0 Å². The maximum atomic E-state index is 12.1. The lowest BCUT2D eigenvalue weighted by atomic mass is 10.00. The first-order chi connectivity index (χ1) is 8.66. The van der Waals surface area contributed by atoms with Crippen LogP contribution in [-0.4, -0.2) is 12.1 Å². The van der Waals surface area contributed by atoms with Crippen LogP contribution in [0.3, 0.4) is 0 Å². The molecule has 2 aromatic rings. The van der Waals surface area contributed by atoms with Crippen molar-refractivity contribution in [3.63, 3.8) is 0 Å². The SMILES string of the molecule is Cc1oc2c(c1-c1ccccc1)C(=O)NC(C)N2. The van der Waals surface area contributed by atoms with Crippen molar-refractivity contribution in [2.45, 2.75) is 20.0 Å². The Morgan fingerprint density at radius 1 is 1.11 bits per heavy atom. The minimum atomic E-state index is -0.112. The molecule has 2 N–H and O–H groups in total. The van der Waals surface area contributed by atoms with Crippen LogP contribution in [0.1, 0.15) is 23.0 Å². The van der Waals surface area contributed by atoms with Crippen LogP contribution in [-0.2, 0) is 0 Å². The fraction of sp³-hybridized carbons (Fsp3) is 0.214. The van der Waals surface area contributed by atoms with Gasteiger partial charge in [-0.1, -0.05) is 30.3 Å². The zero-order valence-corrected chi connectivity index (χ0v) is 10.3. The van der Waals surface area contributed by atoms with Crippen LogP contribution >= 0.6 is 0 Å². The molecule has 1 unspecified atom stereocenters. The summed E-state index contributed by atoms with van der Waals surface area (Å²) >= 11 is 0. The Labute approximate surface area is 105 Å². The lowest BCUT2D eigenvalue weighted by Crippen LogP contribution is -2.42. The third kappa shape index (κ3) is 1.57. The second kappa shape index (κ2) is 3.91. The predicted molar refractivity (Wildman–Crippen MR) is 69.4 cm³/mol. The molecule has 1 aliphatic rings. The lowest BCUT2D eigenvalue weighted by Gasteiger charge is -2.21. The molecule has 1 aliphatic heterocycles. The zero-order chi connectivity index (χ0) is 12.7. The molecule has 1 aromatic carbocycles. The van der Waals surface area contributed by atoms with Crippen LogP contribution < -0.4 is 10.6 Å². The Morgan fingerprint density at radius 2 is 1.83 bits per heavy atom. The number of hydrogen-bond donors (Lipinski definition) is 2. The summed E-state index contributed by atoms with van der Waals surface area (Å²) in [6.07, 6.45) is -0.112. The fourth-order valence-electron chi connectivity index (χ4n) is 2.32. The number of furan rings is 1. The Hall–Kier alpha value is -2.23. The predicted octanol–water partition coefficient (Wildman–Crippen LogP) is 2.76. The number of fused-ring (bicyclic) bond motifs is 1.